The lowest BCUT2D eigenvalue weighted by molar-refractivity contribution is 0.0529. The lowest BCUT2D eigenvalue weighted by atomic mass is 10.1. The Kier molecular flexibility index (Phi) is 4.69. The molecule has 0 radical (unpaired) electrons. The van der Waals surface area contributed by atoms with Gasteiger partial charge in [-0.1, -0.05) is 17.7 Å². The molecule has 0 fully saturated rings. The zero-order valence-electron chi connectivity index (χ0n) is 13.5. The van der Waals surface area contributed by atoms with Crippen molar-refractivity contribution in [2.45, 2.75) is 20.8 Å². The Morgan fingerprint density at radius 1 is 1.33 bits per heavy atom. The fourth-order valence-corrected chi connectivity index (χ4v) is 3.77. The SMILES string of the molecule is CCOC(=O)c1csc2ncnc(Nc3c(C)cc(C)cc3Cl)c12. The van der Waals surface area contributed by atoms with Gasteiger partial charge in [0.2, 0.25) is 0 Å². The highest BCUT2D eigenvalue weighted by atomic mass is 35.5. The maximum Gasteiger partial charge on any atom is 0.339 e. The number of aryl methyl sites for hydroxylation is 2. The van der Waals surface area contributed by atoms with Crippen LogP contribution in [0.5, 0.6) is 0 Å². The number of ether oxygens (including phenoxy) is 1. The molecule has 0 amide bonds. The molecule has 1 N–H and O–H groups in total. The predicted octanol–water partition coefficient (Wildman–Crippen LogP) is 4.88. The highest BCUT2D eigenvalue weighted by molar-refractivity contribution is 7.17. The second kappa shape index (κ2) is 6.75. The monoisotopic (exact) mass is 361 g/mol. The minimum absolute atomic E-state index is 0.315. The van der Waals surface area contributed by atoms with E-state index in [2.05, 4.69) is 15.3 Å². The molecule has 1 aromatic carbocycles. The van der Waals surface area contributed by atoms with Gasteiger partial charge in [0.15, 0.2) is 0 Å². The summed E-state index contributed by atoms with van der Waals surface area (Å²) < 4.78 is 5.12. The number of nitrogens with one attached hydrogen (secondary N) is 1. The number of rotatable bonds is 4. The van der Waals surface area contributed by atoms with Gasteiger partial charge in [0, 0.05) is 5.38 Å². The van der Waals surface area contributed by atoms with Crippen molar-refractivity contribution in [3.05, 3.63) is 45.6 Å². The summed E-state index contributed by atoms with van der Waals surface area (Å²) >= 11 is 7.75. The summed E-state index contributed by atoms with van der Waals surface area (Å²) in [6.07, 6.45) is 1.47. The largest absolute Gasteiger partial charge is 0.462 e. The van der Waals surface area contributed by atoms with Gasteiger partial charge in [-0.15, -0.1) is 11.3 Å². The smallest absolute Gasteiger partial charge is 0.339 e. The molecular weight excluding hydrogens is 346 g/mol. The first-order valence-corrected chi connectivity index (χ1v) is 8.70. The Morgan fingerprint density at radius 2 is 2.12 bits per heavy atom. The summed E-state index contributed by atoms with van der Waals surface area (Å²) in [6, 6.07) is 3.92. The van der Waals surface area contributed by atoms with Crippen LogP contribution < -0.4 is 5.32 Å². The van der Waals surface area contributed by atoms with Gasteiger partial charge >= 0.3 is 5.97 Å². The third-order valence-corrected chi connectivity index (χ3v) is 4.73. The highest BCUT2D eigenvalue weighted by Crippen LogP contribution is 2.35. The van der Waals surface area contributed by atoms with Gasteiger partial charge in [-0.05, 0) is 38.0 Å². The fourth-order valence-electron chi connectivity index (χ4n) is 2.52. The number of hydrogen-bond donors (Lipinski definition) is 1. The van der Waals surface area contributed by atoms with E-state index >= 15 is 0 Å². The first-order chi connectivity index (χ1) is 11.5. The van der Waals surface area contributed by atoms with Crippen molar-refractivity contribution >= 4 is 50.6 Å². The van der Waals surface area contributed by atoms with Crippen molar-refractivity contribution in [2.75, 3.05) is 11.9 Å². The molecule has 7 heteroatoms. The summed E-state index contributed by atoms with van der Waals surface area (Å²) in [5.74, 6) is 0.159. The van der Waals surface area contributed by atoms with E-state index in [0.29, 0.717) is 28.4 Å². The molecule has 0 aliphatic heterocycles. The van der Waals surface area contributed by atoms with Crippen molar-refractivity contribution in [1.29, 1.82) is 0 Å². The van der Waals surface area contributed by atoms with Gasteiger partial charge < -0.3 is 10.1 Å². The first-order valence-electron chi connectivity index (χ1n) is 7.44. The van der Waals surface area contributed by atoms with E-state index in [0.717, 1.165) is 21.6 Å². The van der Waals surface area contributed by atoms with E-state index in [9.17, 15) is 4.79 Å². The molecule has 0 spiro atoms. The second-order valence-corrected chi connectivity index (χ2v) is 6.60. The van der Waals surface area contributed by atoms with Crippen LogP contribution in [-0.4, -0.2) is 22.5 Å². The van der Waals surface area contributed by atoms with Crippen LogP contribution in [0.1, 0.15) is 28.4 Å². The van der Waals surface area contributed by atoms with Gasteiger partial charge in [0.05, 0.1) is 28.3 Å². The third kappa shape index (κ3) is 3.07. The molecule has 0 aliphatic rings. The number of halogens is 1. The number of anilines is 2. The second-order valence-electron chi connectivity index (χ2n) is 5.34. The van der Waals surface area contributed by atoms with Crippen LogP contribution in [0.25, 0.3) is 10.2 Å². The molecule has 124 valence electrons. The Bertz CT molecular complexity index is 900. The Balaban J connectivity index is 2.10. The normalized spacial score (nSPS) is 10.8. The number of nitrogens with zero attached hydrogens (tertiary/aromatic N) is 2. The van der Waals surface area contributed by atoms with Gasteiger partial charge in [0.1, 0.15) is 17.0 Å². The average molecular weight is 362 g/mol. The molecule has 3 aromatic rings. The summed E-state index contributed by atoms with van der Waals surface area (Å²) in [5.41, 5.74) is 3.31. The molecule has 0 atom stereocenters. The Hall–Kier alpha value is -2.18. The maximum atomic E-state index is 12.2. The number of aromatic nitrogens is 2. The van der Waals surface area contributed by atoms with Crippen molar-refractivity contribution in [2.24, 2.45) is 0 Å². The molecule has 24 heavy (non-hydrogen) atoms. The number of thiophene rings is 1. The number of carbonyl (C=O) groups excluding carboxylic acids is 1. The number of carbonyl (C=O) groups is 1. The summed E-state index contributed by atoms with van der Waals surface area (Å²) in [5, 5.41) is 6.25. The lowest BCUT2D eigenvalue weighted by Crippen LogP contribution is -2.05. The van der Waals surface area contributed by atoms with Gasteiger partial charge in [-0.3, -0.25) is 0 Å². The Labute approximate surface area is 148 Å². The van der Waals surface area contributed by atoms with Crippen LogP contribution in [0, 0.1) is 13.8 Å². The zero-order valence-corrected chi connectivity index (χ0v) is 15.1. The molecule has 0 saturated carbocycles. The minimum atomic E-state index is -0.381. The van der Waals surface area contributed by atoms with Crippen molar-refractivity contribution in [3.63, 3.8) is 0 Å². The van der Waals surface area contributed by atoms with Crippen molar-refractivity contribution in [1.82, 2.24) is 9.97 Å². The lowest BCUT2D eigenvalue weighted by Gasteiger charge is -2.13. The zero-order chi connectivity index (χ0) is 17.3. The first kappa shape index (κ1) is 16.7. The summed E-state index contributed by atoms with van der Waals surface area (Å²) in [4.78, 5) is 21.4. The molecule has 2 heterocycles. The maximum absolute atomic E-state index is 12.2. The molecule has 5 nitrogen and oxygen atoms in total. The topological polar surface area (TPSA) is 64.1 Å². The standard InChI is InChI=1S/C17H16ClN3O2S/c1-4-23-17(22)11-7-24-16-13(11)15(19-8-20-16)21-14-10(3)5-9(2)6-12(14)18/h5-8H,4H2,1-3H3,(H,19,20,21). The quantitative estimate of drug-likeness (QED) is 0.671. The van der Waals surface area contributed by atoms with Gasteiger partial charge in [0.25, 0.3) is 0 Å². The molecular formula is C17H16ClN3O2S. The molecule has 0 unspecified atom stereocenters. The van der Waals surface area contributed by atoms with Crippen LogP contribution >= 0.6 is 22.9 Å². The molecule has 0 bridgehead atoms. The number of esters is 1. The third-order valence-electron chi connectivity index (χ3n) is 3.54. The van der Waals surface area contributed by atoms with Crippen LogP contribution in [0.15, 0.2) is 23.8 Å². The fraction of sp³-hybridized carbons (Fsp3) is 0.235. The predicted molar refractivity (Wildman–Crippen MR) is 97.6 cm³/mol. The van der Waals surface area contributed by atoms with E-state index in [-0.39, 0.29) is 5.97 Å². The van der Waals surface area contributed by atoms with E-state index < -0.39 is 0 Å². The van der Waals surface area contributed by atoms with Crippen LogP contribution in [-0.2, 0) is 4.74 Å². The van der Waals surface area contributed by atoms with Crippen LogP contribution in [0.2, 0.25) is 5.02 Å². The van der Waals surface area contributed by atoms with Gasteiger partial charge in [-0.2, -0.15) is 0 Å². The molecule has 3 rings (SSSR count). The molecule has 0 aliphatic carbocycles. The number of hydrogen-bond acceptors (Lipinski definition) is 6. The van der Waals surface area contributed by atoms with E-state index in [1.165, 1.54) is 17.7 Å². The number of fused-ring (bicyclic) bond motifs is 1. The minimum Gasteiger partial charge on any atom is -0.462 e. The van der Waals surface area contributed by atoms with Crippen LogP contribution in [0.3, 0.4) is 0 Å². The van der Waals surface area contributed by atoms with E-state index in [4.69, 9.17) is 16.3 Å². The number of benzene rings is 1. The van der Waals surface area contributed by atoms with E-state index in [1.807, 2.05) is 26.0 Å². The van der Waals surface area contributed by atoms with E-state index in [1.54, 1.807) is 12.3 Å². The summed E-state index contributed by atoms with van der Waals surface area (Å²) in [6.45, 7) is 6.05. The van der Waals surface area contributed by atoms with Crippen molar-refractivity contribution < 1.29 is 9.53 Å². The average Bonchev–Trinajstić information content (AvgIpc) is 2.96. The molecule has 2 aromatic heterocycles. The molecule has 0 saturated heterocycles. The van der Waals surface area contributed by atoms with Crippen LogP contribution in [0.4, 0.5) is 11.5 Å². The van der Waals surface area contributed by atoms with Crippen molar-refractivity contribution in [3.8, 4) is 0 Å². The summed E-state index contributed by atoms with van der Waals surface area (Å²) in [7, 11) is 0. The van der Waals surface area contributed by atoms with Gasteiger partial charge in [-0.25, -0.2) is 14.8 Å². The highest BCUT2D eigenvalue weighted by Gasteiger charge is 2.19. The Morgan fingerprint density at radius 3 is 2.83 bits per heavy atom.